The number of nitrogens with one attached hydrogen (secondary N) is 1. The molecule has 2 heterocycles. The standard InChI is InChI=1S/C16H28N2O3S/c1-4-6-7-8-16(3)15-18(13(19)12-22-15)10-9-17(16)11-14(20)21-5-2/h15H,4-12H2,1-3H3/p+1/t15-,16+/m1/s1. The summed E-state index contributed by atoms with van der Waals surface area (Å²) >= 11 is 1.75. The maximum Gasteiger partial charge on any atom is 0.361 e. The lowest BCUT2D eigenvalue weighted by molar-refractivity contribution is -0.950. The van der Waals surface area contributed by atoms with Crippen molar-refractivity contribution >= 4 is 23.6 Å². The number of esters is 1. The molecule has 1 amide bonds. The molecule has 0 saturated carbocycles. The van der Waals surface area contributed by atoms with Crippen LogP contribution in [-0.4, -0.2) is 59.7 Å². The van der Waals surface area contributed by atoms with Crippen LogP contribution in [0.3, 0.4) is 0 Å². The van der Waals surface area contributed by atoms with E-state index in [9.17, 15) is 9.59 Å². The molecule has 22 heavy (non-hydrogen) atoms. The summed E-state index contributed by atoms with van der Waals surface area (Å²) in [6.45, 7) is 8.74. The van der Waals surface area contributed by atoms with Crippen LogP contribution in [-0.2, 0) is 14.3 Å². The van der Waals surface area contributed by atoms with Crippen LogP contribution in [0.15, 0.2) is 0 Å². The minimum absolute atomic E-state index is 0.0585. The van der Waals surface area contributed by atoms with Gasteiger partial charge in [-0.25, -0.2) is 4.79 Å². The molecule has 2 fully saturated rings. The second-order valence-electron chi connectivity index (χ2n) is 6.46. The molecule has 5 nitrogen and oxygen atoms in total. The third-order valence-electron chi connectivity index (χ3n) is 4.94. The third-order valence-corrected chi connectivity index (χ3v) is 6.44. The Hall–Kier alpha value is -0.750. The number of rotatable bonds is 7. The monoisotopic (exact) mass is 329 g/mol. The van der Waals surface area contributed by atoms with E-state index in [-0.39, 0.29) is 22.8 Å². The molecule has 2 saturated heterocycles. The summed E-state index contributed by atoms with van der Waals surface area (Å²) in [4.78, 5) is 27.3. The SMILES string of the molecule is CCCCC[C@@]1(C)[C@H]2SCC(=O)N2CC[NH+]1CC(=O)OCC. The number of ether oxygens (including phenoxy) is 1. The molecule has 3 atom stereocenters. The van der Waals surface area contributed by atoms with Gasteiger partial charge in [0.2, 0.25) is 5.91 Å². The van der Waals surface area contributed by atoms with Gasteiger partial charge in [0.05, 0.1) is 25.4 Å². The van der Waals surface area contributed by atoms with Crippen LogP contribution < -0.4 is 4.90 Å². The average molecular weight is 329 g/mol. The lowest BCUT2D eigenvalue weighted by atomic mass is 9.89. The molecule has 6 heteroatoms. The highest BCUT2D eigenvalue weighted by Crippen LogP contribution is 2.35. The van der Waals surface area contributed by atoms with Crippen LogP contribution in [0.25, 0.3) is 0 Å². The van der Waals surface area contributed by atoms with Crippen LogP contribution in [0, 0.1) is 0 Å². The Bertz CT molecular complexity index is 418. The van der Waals surface area contributed by atoms with E-state index in [0.29, 0.717) is 18.9 Å². The number of carbonyl (C=O) groups is 2. The summed E-state index contributed by atoms with van der Waals surface area (Å²) in [6, 6.07) is 0. The number of amides is 1. The number of hydrogen-bond acceptors (Lipinski definition) is 4. The summed E-state index contributed by atoms with van der Waals surface area (Å²) in [5.74, 6) is 0.717. The van der Waals surface area contributed by atoms with Gasteiger partial charge in [-0.2, -0.15) is 0 Å². The lowest BCUT2D eigenvalue weighted by Gasteiger charge is -2.48. The average Bonchev–Trinajstić information content (AvgIpc) is 2.85. The first-order chi connectivity index (χ1) is 10.5. The quantitative estimate of drug-likeness (QED) is 0.551. The number of carbonyl (C=O) groups excluding carboxylic acids is 2. The van der Waals surface area contributed by atoms with Crippen LogP contribution in [0.2, 0.25) is 0 Å². The zero-order valence-corrected chi connectivity index (χ0v) is 14.8. The molecular weight excluding hydrogens is 300 g/mol. The maximum atomic E-state index is 12.1. The number of quaternary nitrogens is 1. The fourth-order valence-electron chi connectivity index (χ4n) is 3.66. The van der Waals surface area contributed by atoms with E-state index in [0.717, 1.165) is 25.9 Å². The number of nitrogens with zero attached hydrogens (tertiary/aromatic N) is 1. The van der Waals surface area contributed by atoms with Crippen molar-refractivity contribution in [1.82, 2.24) is 4.90 Å². The van der Waals surface area contributed by atoms with Gasteiger partial charge in [-0.05, 0) is 20.3 Å². The van der Waals surface area contributed by atoms with Crippen molar-refractivity contribution < 1.29 is 19.2 Å². The van der Waals surface area contributed by atoms with E-state index in [1.165, 1.54) is 17.7 Å². The molecule has 0 aromatic rings. The summed E-state index contributed by atoms with van der Waals surface area (Å²) < 4.78 is 5.15. The van der Waals surface area contributed by atoms with Crippen molar-refractivity contribution in [3.8, 4) is 0 Å². The summed E-state index contributed by atoms with van der Waals surface area (Å²) in [5, 5.41) is 0.204. The van der Waals surface area contributed by atoms with Crippen LogP contribution in [0.5, 0.6) is 0 Å². The molecule has 0 spiro atoms. The van der Waals surface area contributed by atoms with Crippen molar-refractivity contribution in [2.45, 2.75) is 57.4 Å². The van der Waals surface area contributed by atoms with E-state index >= 15 is 0 Å². The highest BCUT2D eigenvalue weighted by molar-refractivity contribution is 8.01. The van der Waals surface area contributed by atoms with Gasteiger partial charge in [0.25, 0.3) is 0 Å². The van der Waals surface area contributed by atoms with Crippen molar-refractivity contribution in [3.63, 3.8) is 0 Å². The zero-order valence-electron chi connectivity index (χ0n) is 14.0. The first-order valence-electron chi connectivity index (χ1n) is 8.44. The van der Waals surface area contributed by atoms with Crippen molar-refractivity contribution in [3.05, 3.63) is 0 Å². The van der Waals surface area contributed by atoms with E-state index in [4.69, 9.17) is 4.74 Å². The van der Waals surface area contributed by atoms with Crippen LogP contribution >= 0.6 is 11.8 Å². The Morgan fingerprint density at radius 2 is 2.23 bits per heavy atom. The zero-order chi connectivity index (χ0) is 16.2. The Morgan fingerprint density at radius 3 is 2.91 bits per heavy atom. The largest absolute Gasteiger partial charge is 0.462 e. The second kappa shape index (κ2) is 7.68. The van der Waals surface area contributed by atoms with Crippen molar-refractivity contribution in [2.24, 2.45) is 0 Å². The number of fused-ring (bicyclic) bond motifs is 1. The molecule has 2 aliphatic heterocycles. The van der Waals surface area contributed by atoms with E-state index in [1.807, 2.05) is 11.8 Å². The van der Waals surface area contributed by atoms with Gasteiger partial charge in [-0.15, -0.1) is 11.8 Å². The molecular formula is C16H29N2O3S+. The molecule has 0 aliphatic carbocycles. The fraction of sp³-hybridized carbons (Fsp3) is 0.875. The Morgan fingerprint density at radius 1 is 1.45 bits per heavy atom. The van der Waals surface area contributed by atoms with Gasteiger partial charge in [0.1, 0.15) is 10.9 Å². The Kier molecular flexibility index (Phi) is 6.15. The van der Waals surface area contributed by atoms with Gasteiger partial charge in [0.15, 0.2) is 6.54 Å². The molecule has 0 bridgehead atoms. The summed E-state index contributed by atoms with van der Waals surface area (Å²) in [7, 11) is 0. The van der Waals surface area contributed by atoms with Gasteiger partial charge in [-0.3, -0.25) is 4.79 Å². The van der Waals surface area contributed by atoms with Gasteiger partial charge >= 0.3 is 5.97 Å². The van der Waals surface area contributed by atoms with Crippen LogP contribution in [0.1, 0.15) is 46.5 Å². The molecule has 126 valence electrons. The lowest BCUT2D eigenvalue weighted by Crippen LogP contribution is -3.24. The topological polar surface area (TPSA) is 51.1 Å². The smallest absolute Gasteiger partial charge is 0.361 e. The predicted molar refractivity (Wildman–Crippen MR) is 87.8 cm³/mol. The first-order valence-corrected chi connectivity index (χ1v) is 9.49. The van der Waals surface area contributed by atoms with Crippen LogP contribution in [0.4, 0.5) is 0 Å². The molecule has 1 unspecified atom stereocenters. The van der Waals surface area contributed by atoms with Crippen molar-refractivity contribution in [2.75, 3.05) is 32.0 Å². The highest BCUT2D eigenvalue weighted by Gasteiger charge is 2.54. The molecule has 0 aromatic heterocycles. The molecule has 0 radical (unpaired) electrons. The maximum absolute atomic E-state index is 12.1. The number of piperazine rings is 1. The highest BCUT2D eigenvalue weighted by atomic mass is 32.2. The summed E-state index contributed by atoms with van der Waals surface area (Å²) in [6.07, 6.45) is 4.59. The third kappa shape index (κ3) is 3.59. The minimum atomic E-state index is -0.123. The van der Waals surface area contributed by atoms with Gasteiger partial charge in [-0.1, -0.05) is 19.8 Å². The van der Waals surface area contributed by atoms with Gasteiger partial charge < -0.3 is 14.5 Å². The van der Waals surface area contributed by atoms with E-state index < -0.39 is 0 Å². The number of hydrogen-bond donors (Lipinski definition) is 1. The van der Waals surface area contributed by atoms with Crippen molar-refractivity contribution in [1.29, 1.82) is 0 Å². The predicted octanol–water partition coefficient (Wildman–Crippen LogP) is 0.689. The Balaban J connectivity index is 2.12. The molecule has 0 aromatic carbocycles. The normalized spacial score (nSPS) is 31.2. The van der Waals surface area contributed by atoms with Gasteiger partial charge in [0, 0.05) is 6.42 Å². The molecule has 1 N–H and O–H groups in total. The fourth-order valence-corrected chi connectivity index (χ4v) is 5.18. The minimum Gasteiger partial charge on any atom is -0.462 e. The summed E-state index contributed by atoms with van der Waals surface area (Å²) in [5.41, 5.74) is -0.0585. The molecule has 2 aliphatic rings. The van der Waals surface area contributed by atoms with E-state index in [2.05, 4.69) is 13.8 Å². The number of unbranched alkanes of at least 4 members (excludes halogenated alkanes) is 2. The second-order valence-corrected chi connectivity index (χ2v) is 7.53. The Labute approximate surface area is 137 Å². The number of thioether (sulfide) groups is 1. The first kappa shape index (κ1) is 17.6. The van der Waals surface area contributed by atoms with E-state index in [1.54, 1.807) is 11.8 Å². The molecule has 2 rings (SSSR count).